The van der Waals surface area contributed by atoms with E-state index in [1.165, 1.54) is 0 Å². The SMILES string of the molecule is CCc1ccccc1NC(=O)c1cc2cc(N)ccc2o1. The predicted octanol–water partition coefficient (Wildman–Crippen LogP) is 3.83. The quantitative estimate of drug-likeness (QED) is 0.716. The molecule has 0 saturated carbocycles. The number of benzene rings is 2. The van der Waals surface area contributed by atoms with Crippen LogP contribution in [0.15, 0.2) is 52.9 Å². The summed E-state index contributed by atoms with van der Waals surface area (Å²) in [7, 11) is 0. The van der Waals surface area contributed by atoms with Gasteiger partial charge < -0.3 is 15.5 Å². The second kappa shape index (κ2) is 5.32. The first-order valence-electron chi connectivity index (χ1n) is 6.85. The smallest absolute Gasteiger partial charge is 0.291 e. The molecule has 3 aromatic rings. The Kier molecular flexibility index (Phi) is 3.36. The number of para-hydroxylation sites is 1. The first-order chi connectivity index (χ1) is 10.2. The number of aryl methyl sites for hydroxylation is 1. The summed E-state index contributed by atoms with van der Waals surface area (Å²) in [5.74, 6) is 0.0205. The fourth-order valence-electron chi connectivity index (χ4n) is 2.31. The maximum Gasteiger partial charge on any atom is 0.291 e. The third kappa shape index (κ3) is 2.60. The number of amides is 1. The number of furan rings is 1. The summed E-state index contributed by atoms with van der Waals surface area (Å²) >= 11 is 0. The van der Waals surface area contributed by atoms with Gasteiger partial charge in [-0.05, 0) is 42.3 Å². The van der Waals surface area contributed by atoms with Gasteiger partial charge in [-0.25, -0.2) is 0 Å². The Morgan fingerprint density at radius 1 is 1.19 bits per heavy atom. The maximum absolute atomic E-state index is 12.3. The Morgan fingerprint density at radius 3 is 2.81 bits per heavy atom. The highest BCUT2D eigenvalue weighted by Crippen LogP contribution is 2.23. The molecule has 3 rings (SSSR count). The van der Waals surface area contributed by atoms with Crippen molar-refractivity contribution < 1.29 is 9.21 Å². The molecule has 21 heavy (non-hydrogen) atoms. The number of anilines is 2. The third-order valence-electron chi connectivity index (χ3n) is 3.41. The molecule has 106 valence electrons. The molecule has 0 aliphatic heterocycles. The standard InChI is InChI=1S/C17H16N2O2/c1-2-11-5-3-4-6-14(11)19-17(20)16-10-12-9-13(18)7-8-15(12)21-16/h3-10H,2,18H2,1H3,(H,19,20). The molecule has 0 aliphatic carbocycles. The lowest BCUT2D eigenvalue weighted by Crippen LogP contribution is -2.12. The second-order valence-corrected chi connectivity index (χ2v) is 4.87. The second-order valence-electron chi connectivity index (χ2n) is 4.87. The lowest BCUT2D eigenvalue weighted by atomic mass is 10.1. The van der Waals surface area contributed by atoms with Crippen LogP contribution in [0.2, 0.25) is 0 Å². The first-order valence-corrected chi connectivity index (χ1v) is 6.85. The summed E-state index contributed by atoms with van der Waals surface area (Å²) in [4.78, 5) is 12.3. The van der Waals surface area contributed by atoms with Crippen LogP contribution in [0.3, 0.4) is 0 Å². The molecular weight excluding hydrogens is 264 g/mol. The Morgan fingerprint density at radius 2 is 2.00 bits per heavy atom. The summed E-state index contributed by atoms with van der Waals surface area (Å²) in [5.41, 5.74) is 8.92. The number of nitrogen functional groups attached to an aromatic ring is 1. The van der Waals surface area contributed by atoms with Crippen molar-refractivity contribution in [1.29, 1.82) is 0 Å². The predicted molar refractivity (Wildman–Crippen MR) is 84.4 cm³/mol. The van der Waals surface area contributed by atoms with Crippen LogP contribution in [0.4, 0.5) is 11.4 Å². The van der Waals surface area contributed by atoms with Crippen molar-refractivity contribution in [2.24, 2.45) is 0 Å². The largest absolute Gasteiger partial charge is 0.451 e. The number of carbonyl (C=O) groups excluding carboxylic acids is 1. The van der Waals surface area contributed by atoms with Crippen molar-refractivity contribution in [3.05, 3.63) is 59.9 Å². The van der Waals surface area contributed by atoms with Gasteiger partial charge in [0.2, 0.25) is 0 Å². The molecule has 0 bridgehead atoms. The Bertz CT molecular complexity index is 805. The van der Waals surface area contributed by atoms with Crippen molar-refractivity contribution in [3.8, 4) is 0 Å². The molecule has 1 aromatic heterocycles. The molecule has 0 radical (unpaired) electrons. The van der Waals surface area contributed by atoms with Crippen molar-refractivity contribution >= 4 is 28.3 Å². The zero-order valence-corrected chi connectivity index (χ0v) is 11.7. The Labute approximate surface area is 122 Å². The van der Waals surface area contributed by atoms with Gasteiger partial charge in [0.25, 0.3) is 5.91 Å². The summed E-state index contributed by atoms with van der Waals surface area (Å²) < 4.78 is 5.56. The molecule has 3 N–H and O–H groups in total. The average molecular weight is 280 g/mol. The van der Waals surface area contributed by atoms with Crippen molar-refractivity contribution in [1.82, 2.24) is 0 Å². The van der Waals surface area contributed by atoms with Gasteiger partial charge in [0.15, 0.2) is 5.76 Å². The number of hydrogen-bond donors (Lipinski definition) is 2. The minimum Gasteiger partial charge on any atom is -0.451 e. The Balaban J connectivity index is 1.90. The van der Waals surface area contributed by atoms with Crippen molar-refractivity contribution in [3.63, 3.8) is 0 Å². The van der Waals surface area contributed by atoms with E-state index >= 15 is 0 Å². The lowest BCUT2D eigenvalue weighted by molar-refractivity contribution is 0.0998. The lowest BCUT2D eigenvalue weighted by Gasteiger charge is -2.07. The van der Waals surface area contributed by atoms with Crippen LogP contribution in [-0.2, 0) is 6.42 Å². The van der Waals surface area contributed by atoms with E-state index in [1.807, 2.05) is 24.3 Å². The van der Waals surface area contributed by atoms with Gasteiger partial charge in [0, 0.05) is 16.8 Å². The van der Waals surface area contributed by atoms with Crippen LogP contribution in [0.1, 0.15) is 23.0 Å². The van der Waals surface area contributed by atoms with Gasteiger partial charge in [-0.15, -0.1) is 0 Å². The topological polar surface area (TPSA) is 68.3 Å². The zero-order chi connectivity index (χ0) is 14.8. The molecular formula is C17H16N2O2. The minimum absolute atomic E-state index is 0.259. The summed E-state index contributed by atoms with van der Waals surface area (Å²) in [6.07, 6.45) is 0.854. The Hall–Kier alpha value is -2.75. The van der Waals surface area contributed by atoms with E-state index in [2.05, 4.69) is 12.2 Å². The fraction of sp³-hybridized carbons (Fsp3) is 0.118. The van der Waals surface area contributed by atoms with Crippen molar-refractivity contribution in [2.75, 3.05) is 11.1 Å². The van der Waals surface area contributed by atoms with Crippen LogP contribution >= 0.6 is 0 Å². The molecule has 0 fully saturated rings. The van der Waals surface area contributed by atoms with Crippen LogP contribution in [-0.4, -0.2) is 5.91 Å². The highest BCUT2D eigenvalue weighted by atomic mass is 16.3. The monoisotopic (exact) mass is 280 g/mol. The number of rotatable bonds is 3. The highest BCUT2D eigenvalue weighted by molar-refractivity contribution is 6.05. The van der Waals surface area contributed by atoms with Crippen LogP contribution in [0.25, 0.3) is 11.0 Å². The molecule has 0 unspecified atom stereocenters. The molecule has 1 amide bonds. The van der Waals surface area contributed by atoms with Gasteiger partial charge in [-0.1, -0.05) is 25.1 Å². The molecule has 2 aromatic carbocycles. The molecule has 1 heterocycles. The van der Waals surface area contributed by atoms with Gasteiger partial charge in [-0.3, -0.25) is 4.79 Å². The normalized spacial score (nSPS) is 10.7. The van der Waals surface area contributed by atoms with Gasteiger partial charge in [-0.2, -0.15) is 0 Å². The van der Waals surface area contributed by atoms with E-state index in [0.717, 1.165) is 23.1 Å². The van der Waals surface area contributed by atoms with E-state index in [4.69, 9.17) is 10.2 Å². The average Bonchev–Trinajstić information content (AvgIpc) is 2.91. The van der Waals surface area contributed by atoms with E-state index in [9.17, 15) is 4.79 Å². The number of nitrogens with one attached hydrogen (secondary N) is 1. The van der Waals surface area contributed by atoms with Crippen molar-refractivity contribution in [2.45, 2.75) is 13.3 Å². The third-order valence-corrected chi connectivity index (χ3v) is 3.41. The number of carbonyl (C=O) groups is 1. The van der Waals surface area contributed by atoms with Gasteiger partial charge in [0.05, 0.1) is 0 Å². The van der Waals surface area contributed by atoms with E-state index in [-0.39, 0.29) is 11.7 Å². The zero-order valence-electron chi connectivity index (χ0n) is 11.7. The molecule has 4 heteroatoms. The molecule has 0 spiro atoms. The van der Waals surface area contributed by atoms with Gasteiger partial charge >= 0.3 is 0 Å². The first kappa shape index (κ1) is 13.2. The number of hydrogen-bond acceptors (Lipinski definition) is 3. The number of fused-ring (bicyclic) bond motifs is 1. The minimum atomic E-state index is -0.259. The van der Waals surface area contributed by atoms with Crippen LogP contribution < -0.4 is 11.1 Å². The molecule has 0 saturated heterocycles. The van der Waals surface area contributed by atoms with E-state index in [1.54, 1.807) is 24.3 Å². The number of nitrogens with two attached hydrogens (primary N) is 1. The summed E-state index contributed by atoms with van der Waals surface area (Å²) in [6, 6.07) is 14.7. The summed E-state index contributed by atoms with van der Waals surface area (Å²) in [6.45, 7) is 2.05. The summed E-state index contributed by atoms with van der Waals surface area (Å²) in [5, 5.41) is 3.71. The molecule has 0 atom stereocenters. The fourth-order valence-corrected chi connectivity index (χ4v) is 2.31. The highest BCUT2D eigenvalue weighted by Gasteiger charge is 2.13. The molecule has 4 nitrogen and oxygen atoms in total. The van der Waals surface area contributed by atoms with Crippen LogP contribution in [0.5, 0.6) is 0 Å². The van der Waals surface area contributed by atoms with E-state index < -0.39 is 0 Å². The maximum atomic E-state index is 12.3. The molecule has 0 aliphatic rings. The van der Waals surface area contributed by atoms with Crippen LogP contribution in [0, 0.1) is 0 Å². The van der Waals surface area contributed by atoms with Gasteiger partial charge in [0.1, 0.15) is 5.58 Å². The van der Waals surface area contributed by atoms with E-state index in [0.29, 0.717) is 11.3 Å².